The van der Waals surface area contributed by atoms with Crippen LogP contribution in [0.4, 0.5) is 5.82 Å². The summed E-state index contributed by atoms with van der Waals surface area (Å²) in [6.45, 7) is 2.57. The summed E-state index contributed by atoms with van der Waals surface area (Å²) in [4.78, 5) is 25.8. The molecule has 0 spiro atoms. The molecule has 0 aliphatic carbocycles. The van der Waals surface area contributed by atoms with Gasteiger partial charge < -0.3 is 15.4 Å². The maximum atomic E-state index is 12.7. The van der Waals surface area contributed by atoms with Crippen LogP contribution in [0.5, 0.6) is 5.75 Å². The highest BCUT2D eigenvalue weighted by Gasteiger charge is 2.32. The molecule has 0 saturated carbocycles. The molecule has 2 N–H and O–H groups in total. The second-order valence-electron chi connectivity index (χ2n) is 5.87. The van der Waals surface area contributed by atoms with Crippen molar-refractivity contribution in [2.24, 2.45) is 5.92 Å². The highest BCUT2D eigenvalue weighted by Crippen LogP contribution is 2.26. The van der Waals surface area contributed by atoms with Crippen LogP contribution < -0.4 is 10.5 Å². The molecule has 1 aliphatic rings. The number of Topliss-reactive ketones (excluding diaryl/α,β-unsaturated/α-hetero) is 1. The molecule has 1 amide bonds. The van der Waals surface area contributed by atoms with Crippen LogP contribution in [0.15, 0.2) is 30.5 Å². The second kappa shape index (κ2) is 6.35. The van der Waals surface area contributed by atoms with Crippen molar-refractivity contribution in [2.45, 2.75) is 13.3 Å². The number of rotatable bonds is 4. The van der Waals surface area contributed by atoms with Crippen molar-refractivity contribution in [1.29, 1.82) is 0 Å². The third-order valence-corrected chi connectivity index (χ3v) is 4.39. The maximum Gasteiger partial charge on any atom is 0.219 e. The molecule has 0 radical (unpaired) electrons. The van der Waals surface area contributed by atoms with E-state index in [1.54, 1.807) is 24.1 Å². The SMILES string of the molecule is COc1ccc(-n2ncc(C(=O)[C@H]3CCN(C(C)=O)C3)c2N)cc1. The summed E-state index contributed by atoms with van der Waals surface area (Å²) in [6.07, 6.45) is 2.16. The van der Waals surface area contributed by atoms with Crippen molar-refractivity contribution >= 4 is 17.5 Å². The molecule has 1 fully saturated rings. The van der Waals surface area contributed by atoms with Crippen molar-refractivity contribution in [3.05, 3.63) is 36.0 Å². The molecule has 1 aromatic carbocycles. The smallest absolute Gasteiger partial charge is 0.219 e. The quantitative estimate of drug-likeness (QED) is 0.859. The topological polar surface area (TPSA) is 90.5 Å². The number of hydrogen-bond acceptors (Lipinski definition) is 5. The Bertz CT molecular complexity index is 767. The van der Waals surface area contributed by atoms with Gasteiger partial charge in [0.15, 0.2) is 5.78 Å². The zero-order valence-electron chi connectivity index (χ0n) is 13.7. The van der Waals surface area contributed by atoms with Crippen LogP contribution in [0.1, 0.15) is 23.7 Å². The van der Waals surface area contributed by atoms with E-state index in [2.05, 4.69) is 5.10 Å². The summed E-state index contributed by atoms with van der Waals surface area (Å²) in [6, 6.07) is 7.26. The van der Waals surface area contributed by atoms with Crippen LogP contribution in [0, 0.1) is 5.92 Å². The molecule has 0 bridgehead atoms. The highest BCUT2D eigenvalue weighted by atomic mass is 16.5. The van der Waals surface area contributed by atoms with Gasteiger partial charge in [-0.2, -0.15) is 5.10 Å². The minimum atomic E-state index is -0.218. The fourth-order valence-corrected chi connectivity index (χ4v) is 2.96. The molecule has 2 aromatic rings. The number of carbonyl (C=O) groups is 2. The lowest BCUT2D eigenvalue weighted by molar-refractivity contribution is -0.127. The first-order valence-corrected chi connectivity index (χ1v) is 7.79. The predicted octanol–water partition coefficient (Wildman–Crippen LogP) is 1.51. The third-order valence-electron chi connectivity index (χ3n) is 4.39. The number of nitrogen functional groups attached to an aromatic ring is 1. The van der Waals surface area contributed by atoms with E-state index in [9.17, 15) is 9.59 Å². The molecule has 1 saturated heterocycles. The largest absolute Gasteiger partial charge is 0.497 e. The lowest BCUT2D eigenvalue weighted by atomic mass is 9.98. The molecule has 1 atom stereocenters. The number of amides is 1. The molecular formula is C17H20N4O3. The lowest BCUT2D eigenvalue weighted by Crippen LogP contribution is -2.27. The van der Waals surface area contributed by atoms with Crippen molar-refractivity contribution in [3.8, 4) is 11.4 Å². The lowest BCUT2D eigenvalue weighted by Gasteiger charge is -2.13. The Kier molecular flexibility index (Phi) is 4.24. The first kappa shape index (κ1) is 16.0. The van der Waals surface area contributed by atoms with Gasteiger partial charge in [0.25, 0.3) is 0 Å². The fraction of sp³-hybridized carbons (Fsp3) is 0.353. The number of nitrogens with two attached hydrogens (primary N) is 1. The van der Waals surface area contributed by atoms with Gasteiger partial charge in [0.1, 0.15) is 11.6 Å². The normalized spacial score (nSPS) is 17.1. The number of likely N-dealkylation sites (tertiary alicyclic amines) is 1. The number of nitrogens with zero attached hydrogens (tertiary/aromatic N) is 3. The Labute approximate surface area is 140 Å². The predicted molar refractivity (Wildman–Crippen MR) is 89.2 cm³/mol. The number of benzene rings is 1. The van der Waals surface area contributed by atoms with E-state index >= 15 is 0 Å². The molecule has 7 heteroatoms. The molecule has 126 valence electrons. The van der Waals surface area contributed by atoms with E-state index in [1.807, 2.05) is 12.1 Å². The molecule has 1 aromatic heterocycles. The van der Waals surface area contributed by atoms with Gasteiger partial charge in [0.2, 0.25) is 5.91 Å². The average Bonchev–Trinajstić information content (AvgIpc) is 3.21. The number of methoxy groups -OCH3 is 1. The molecule has 3 rings (SSSR count). The molecule has 7 nitrogen and oxygen atoms in total. The van der Waals surface area contributed by atoms with Crippen LogP contribution in [0.25, 0.3) is 5.69 Å². The zero-order valence-corrected chi connectivity index (χ0v) is 13.7. The highest BCUT2D eigenvalue weighted by molar-refractivity contribution is 6.02. The fourth-order valence-electron chi connectivity index (χ4n) is 2.96. The van der Waals surface area contributed by atoms with Gasteiger partial charge in [-0.15, -0.1) is 0 Å². The Hall–Kier alpha value is -2.83. The van der Waals surface area contributed by atoms with Crippen molar-refractivity contribution in [1.82, 2.24) is 14.7 Å². The van der Waals surface area contributed by atoms with E-state index in [1.165, 1.54) is 17.8 Å². The van der Waals surface area contributed by atoms with Crippen LogP contribution in [0.3, 0.4) is 0 Å². The molecule has 1 aliphatic heterocycles. The number of carbonyl (C=O) groups excluding carboxylic acids is 2. The first-order chi connectivity index (χ1) is 11.5. The monoisotopic (exact) mass is 328 g/mol. The van der Waals surface area contributed by atoms with Crippen LogP contribution in [0.2, 0.25) is 0 Å². The first-order valence-electron chi connectivity index (χ1n) is 7.79. The number of hydrogen-bond donors (Lipinski definition) is 1. The zero-order chi connectivity index (χ0) is 17.3. The van der Waals surface area contributed by atoms with E-state index in [4.69, 9.17) is 10.5 Å². The Morgan fingerprint density at radius 1 is 1.29 bits per heavy atom. The van der Waals surface area contributed by atoms with Crippen LogP contribution in [-0.4, -0.2) is 46.6 Å². The number of aromatic nitrogens is 2. The number of ketones is 1. The van der Waals surface area contributed by atoms with Gasteiger partial charge in [-0.25, -0.2) is 4.68 Å². The molecule has 2 heterocycles. The third kappa shape index (κ3) is 2.84. The van der Waals surface area contributed by atoms with Gasteiger partial charge in [0, 0.05) is 25.9 Å². The van der Waals surface area contributed by atoms with Gasteiger partial charge in [0.05, 0.1) is 24.6 Å². The summed E-state index contributed by atoms with van der Waals surface area (Å²) in [5.41, 5.74) is 7.29. The minimum Gasteiger partial charge on any atom is -0.497 e. The van der Waals surface area contributed by atoms with Crippen molar-refractivity contribution in [3.63, 3.8) is 0 Å². The Morgan fingerprint density at radius 3 is 2.58 bits per heavy atom. The number of ether oxygens (including phenoxy) is 1. The van der Waals surface area contributed by atoms with Gasteiger partial charge >= 0.3 is 0 Å². The van der Waals surface area contributed by atoms with Crippen LogP contribution in [-0.2, 0) is 4.79 Å². The standard InChI is InChI=1S/C17H20N4O3/c1-11(22)20-8-7-12(10-20)16(23)15-9-19-21(17(15)18)13-3-5-14(24-2)6-4-13/h3-6,9,12H,7-8,10,18H2,1-2H3/t12-/m0/s1. The summed E-state index contributed by atoms with van der Waals surface area (Å²) < 4.78 is 6.66. The maximum absolute atomic E-state index is 12.7. The van der Waals surface area contributed by atoms with Crippen LogP contribution >= 0.6 is 0 Å². The minimum absolute atomic E-state index is 0.00722. The summed E-state index contributed by atoms with van der Waals surface area (Å²) in [5, 5.41) is 4.24. The summed E-state index contributed by atoms with van der Waals surface area (Å²) in [5.74, 6) is 0.760. The van der Waals surface area contributed by atoms with Gasteiger partial charge in [-0.3, -0.25) is 9.59 Å². The average molecular weight is 328 g/mol. The summed E-state index contributed by atoms with van der Waals surface area (Å²) in [7, 11) is 1.60. The van der Waals surface area contributed by atoms with E-state index < -0.39 is 0 Å². The van der Waals surface area contributed by atoms with E-state index in [-0.39, 0.29) is 17.6 Å². The van der Waals surface area contributed by atoms with E-state index in [0.29, 0.717) is 30.9 Å². The van der Waals surface area contributed by atoms with Crippen molar-refractivity contribution in [2.75, 3.05) is 25.9 Å². The molecule has 0 unspecified atom stereocenters. The van der Waals surface area contributed by atoms with Gasteiger partial charge in [-0.1, -0.05) is 0 Å². The van der Waals surface area contributed by atoms with Gasteiger partial charge in [-0.05, 0) is 30.7 Å². The summed E-state index contributed by atoms with van der Waals surface area (Å²) >= 11 is 0. The number of anilines is 1. The Morgan fingerprint density at radius 2 is 2.00 bits per heavy atom. The van der Waals surface area contributed by atoms with Crippen molar-refractivity contribution < 1.29 is 14.3 Å². The molecular weight excluding hydrogens is 308 g/mol. The second-order valence-corrected chi connectivity index (χ2v) is 5.87. The van der Waals surface area contributed by atoms with E-state index in [0.717, 1.165) is 11.4 Å². The Balaban J connectivity index is 1.81. The molecule has 24 heavy (non-hydrogen) atoms.